The second-order valence-corrected chi connectivity index (χ2v) is 7.39. The molecule has 0 fully saturated rings. The summed E-state index contributed by atoms with van der Waals surface area (Å²) in [5, 5.41) is 8.50. The van der Waals surface area contributed by atoms with E-state index < -0.39 is 0 Å². The van der Waals surface area contributed by atoms with Crippen molar-refractivity contribution in [2.75, 3.05) is 0 Å². The lowest BCUT2D eigenvalue weighted by Crippen LogP contribution is -2.34. The van der Waals surface area contributed by atoms with Crippen LogP contribution in [0.5, 0.6) is 0 Å². The second-order valence-electron chi connectivity index (χ2n) is 6.60. The minimum Gasteiger partial charge on any atom is -0.349 e. The molecule has 0 aliphatic carbocycles. The third-order valence-corrected chi connectivity index (χ3v) is 4.94. The van der Waals surface area contributed by atoms with Gasteiger partial charge in [-0.15, -0.1) is 0 Å². The van der Waals surface area contributed by atoms with Crippen molar-refractivity contribution >= 4 is 29.1 Å². The van der Waals surface area contributed by atoms with Crippen LogP contribution in [0.15, 0.2) is 54.6 Å². The predicted octanol–water partition coefficient (Wildman–Crippen LogP) is 4.91. The first-order valence-electron chi connectivity index (χ1n) is 8.76. The Morgan fingerprint density at radius 1 is 1.07 bits per heavy atom. The maximum Gasteiger partial charge on any atom is 0.256 e. The Kier molecular flexibility index (Phi) is 6.19. The molecule has 2 aromatic carbocycles. The van der Waals surface area contributed by atoms with Crippen molar-refractivity contribution in [2.24, 2.45) is 0 Å². The maximum atomic E-state index is 12.7. The van der Waals surface area contributed by atoms with Crippen LogP contribution < -0.4 is 5.32 Å². The first-order valence-corrected chi connectivity index (χ1v) is 9.51. The SMILES string of the molecule is Cc1nn(Cc2ccccc2)c(Cl)c1C(=O)N[C@@H](C)Cc1ccc(Cl)cc1. The molecule has 0 unspecified atom stereocenters. The topological polar surface area (TPSA) is 46.9 Å². The summed E-state index contributed by atoms with van der Waals surface area (Å²) in [4.78, 5) is 12.7. The third-order valence-electron chi connectivity index (χ3n) is 4.30. The lowest BCUT2D eigenvalue weighted by atomic mass is 10.1. The van der Waals surface area contributed by atoms with E-state index in [2.05, 4.69) is 10.4 Å². The van der Waals surface area contributed by atoms with Crippen LogP contribution >= 0.6 is 23.2 Å². The molecule has 27 heavy (non-hydrogen) atoms. The number of amides is 1. The maximum absolute atomic E-state index is 12.7. The number of hydrogen-bond donors (Lipinski definition) is 1. The number of aryl methyl sites for hydroxylation is 1. The van der Waals surface area contributed by atoms with E-state index in [0.717, 1.165) is 11.1 Å². The van der Waals surface area contributed by atoms with Gasteiger partial charge in [0.1, 0.15) is 5.15 Å². The highest BCUT2D eigenvalue weighted by Gasteiger charge is 2.21. The molecule has 1 amide bonds. The second kappa shape index (κ2) is 8.59. The zero-order chi connectivity index (χ0) is 19.4. The number of nitrogens with zero attached hydrogens (tertiary/aromatic N) is 2. The van der Waals surface area contributed by atoms with Crippen molar-refractivity contribution in [2.45, 2.75) is 32.9 Å². The molecule has 1 heterocycles. The summed E-state index contributed by atoms with van der Waals surface area (Å²) in [5.74, 6) is -0.210. The van der Waals surface area contributed by atoms with E-state index in [1.165, 1.54) is 0 Å². The molecule has 3 rings (SSSR count). The first kappa shape index (κ1) is 19.5. The van der Waals surface area contributed by atoms with Gasteiger partial charge in [0, 0.05) is 11.1 Å². The summed E-state index contributed by atoms with van der Waals surface area (Å²) in [6, 6.07) is 17.5. The number of carbonyl (C=O) groups is 1. The normalized spacial score (nSPS) is 12.0. The Balaban J connectivity index is 1.70. The summed E-state index contributed by atoms with van der Waals surface area (Å²) in [6.07, 6.45) is 0.706. The number of carbonyl (C=O) groups excluding carboxylic acids is 1. The quantitative estimate of drug-likeness (QED) is 0.637. The summed E-state index contributed by atoms with van der Waals surface area (Å²) < 4.78 is 1.66. The number of nitrogens with one attached hydrogen (secondary N) is 1. The standard InChI is InChI=1S/C21H21Cl2N3O/c1-14(12-16-8-10-18(22)11-9-16)24-21(27)19-15(2)25-26(20(19)23)13-17-6-4-3-5-7-17/h3-11,14H,12-13H2,1-2H3,(H,24,27)/t14-/m0/s1. The third kappa shape index (κ3) is 4.90. The smallest absolute Gasteiger partial charge is 0.256 e. The van der Waals surface area contributed by atoms with E-state index in [0.29, 0.717) is 34.4 Å². The zero-order valence-electron chi connectivity index (χ0n) is 15.2. The minimum absolute atomic E-state index is 0.0494. The van der Waals surface area contributed by atoms with Gasteiger partial charge in [0.05, 0.1) is 17.8 Å². The van der Waals surface area contributed by atoms with Crippen LogP contribution in [0.1, 0.15) is 34.1 Å². The fourth-order valence-corrected chi connectivity index (χ4v) is 3.44. The van der Waals surface area contributed by atoms with Crippen molar-refractivity contribution in [3.05, 3.63) is 87.2 Å². The fourth-order valence-electron chi connectivity index (χ4n) is 2.99. The molecular weight excluding hydrogens is 381 g/mol. The Labute approximate surface area is 169 Å². The molecule has 0 saturated heterocycles. The Morgan fingerprint density at radius 3 is 2.41 bits per heavy atom. The number of benzene rings is 2. The van der Waals surface area contributed by atoms with Crippen LogP contribution in [-0.4, -0.2) is 21.7 Å². The predicted molar refractivity (Wildman–Crippen MR) is 110 cm³/mol. The Hall–Kier alpha value is -2.30. The van der Waals surface area contributed by atoms with Crippen LogP contribution in [0.4, 0.5) is 0 Å². The van der Waals surface area contributed by atoms with E-state index in [9.17, 15) is 4.79 Å². The van der Waals surface area contributed by atoms with Gasteiger partial charge in [-0.3, -0.25) is 4.79 Å². The highest BCUT2D eigenvalue weighted by Crippen LogP contribution is 2.21. The van der Waals surface area contributed by atoms with E-state index in [1.807, 2.05) is 61.5 Å². The lowest BCUT2D eigenvalue weighted by molar-refractivity contribution is 0.0939. The Morgan fingerprint density at radius 2 is 1.74 bits per heavy atom. The molecular formula is C21H21Cl2N3O. The number of aromatic nitrogens is 2. The van der Waals surface area contributed by atoms with E-state index in [-0.39, 0.29) is 11.9 Å². The molecule has 3 aromatic rings. The highest BCUT2D eigenvalue weighted by atomic mass is 35.5. The average molecular weight is 402 g/mol. The van der Waals surface area contributed by atoms with Gasteiger partial charge in [-0.05, 0) is 43.5 Å². The van der Waals surface area contributed by atoms with Gasteiger partial charge in [0.15, 0.2) is 0 Å². The van der Waals surface area contributed by atoms with Crippen LogP contribution in [0.25, 0.3) is 0 Å². The molecule has 0 aliphatic heterocycles. The van der Waals surface area contributed by atoms with Crippen LogP contribution in [-0.2, 0) is 13.0 Å². The van der Waals surface area contributed by atoms with Crippen LogP contribution in [0.2, 0.25) is 10.2 Å². The molecule has 0 saturated carbocycles. The van der Waals surface area contributed by atoms with Crippen LogP contribution in [0.3, 0.4) is 0 Å². The molecule has 0 aliphatic rings. The average Bonchev–Trinajstić information content (AvgIpc) is 2.91. The molecule has 0 radical (unpaired) electrons. The lowest BCUT2D eigenvalue weighted by Gasteiger charge is -2.14. The summed E-state index contributed by atoms with van der Waals surface area (Å²) in [5.41, 5.74) is 3.22. The van der Waals surface area contributed by atoms with E-state index >= 15 is 0 Å². The zero-order valence-corrected chi connectivity index (χ0v) is 16.8. The fraction of sp³-hybridized carbons (Fsp3) is 0.238. The highest BCUT2D eigenvalue weighted by molar-refractivity contribution is 6.33. The molecule has 0 spiro atoms. The van der Waals surface area contributed by atoms with Gasteiger partial charge < -0.3 is 5.32 Å². The summed E-state index contributed by atoms with van der Waals surface area (Å²) in [7, 11) is 0. The summed E-state index contributed by atoms with van der Waals surface area (Å²) >= 11 is 12.4. The molecule has 1 atom stereocenters. The number of halogens is 2. The van der Waals surface area contributed by atoms with Gasteiger partial charge in [-0.2, -0.15) is 5.10 Å². The Bertz CT molecular complexity index is 921. The van der Waals surface area contributed by atoms with Crippen molar-refractivity contribution in [3.63, 3.8) is 0 Å². The molecule has 1 aromatic heterocycles. The molecule has 0 bridgehead atoms. The van der Waals surface area contributed by atoms with Crippen molar-refractivity contribution < 1.29 is 4.79 Å². The van der Waals surface area contributed by atoms with Gasteiger partial charge in [-0.25, -0.2) is 4.68 Å². The molecule has 140 valence electrons. The monoisotopic (exact) mass is 401 g/mol. The number of rotatable bonds is 6. The van der Waals surface area contributed by atoms with Crippen molar-refractivity contribution in [1.82, 2.24) is 15.1 Å². The largest absolute Gasteiger partial charge is 0.349 e. The van der Waals surface area contributed by atoms with E-state index in [4.69, 9.17) is 23.2 Å². The molecule has 6 heteroatoms. The first-order chi connectivity index (χ1) is 12.9. The van der Waals surface area contributed by atoms with E-state index in [1.54, 1.807) is 11.6 Å². The van der Waals surface area contributed by atoms with Gasteiger partial charge in [-0.1, -0.05) is 65.7 Å². The number of hydrogen-bond acceptors (Lipinski definition) is 2. The van der Waals surface area contributed by atoms with Gasteiger partial charge in [0.25, 0.3) is 5.91 Å². The van der Waals surface area contributed by atoms with Gasteiger partial charge >= 0.3 is 0 Å². The van der Waals surface area contributed by atoms with Gasteiger partial charge in [0.2, 0.25) is 0 Å². The minimum atomic E-state index is -0.210. The van der Waals surface area contributed by atoms with Crippen LogP contribution in [0, 0.1) is 6.92 Å². The molecule has 4 nitrogen and oxygen atoms in total. The van der Waals surface area contributed by atoms with Crippen molar-refractivity contribution in [1.29, 1.82) is 0 Å². The molecule has 1 N–H and O–H groups in total. The van der Waals surface area contributed by atoms with Crippen molar-refractivity contribution in [3.8, 4) is 0 Å². The summed E-state index contributed by atoms with van der Waals surface area (Å²) in [6.45, 7) is 4.28.